The summed E-state index contributed by atoms with van der Waals surface area (Å²) in [5, 5.41) is 3.03. The van der Waals surface area contributed by atoms with Crippen molar-refractivity contribution in [1.82, 2.24) is 19.6 Å². The van der Waals surface area contributed by atoms with Gasteiger partial charge in [0.2, 0.25) is 0 Å². The molecule has 0 aliphatic carbocycles. The van der Waals surface area contributed by atoms with Gasteiger partial charge >= 0.3 is 0 Å². The molecule has 0 bridgehead atoms. The fraction of sp³-hybridized carbons (Fsp3) is 0.391. The van der Waals surface area contributed by atoms with Gasteiger partial charge in [0.25, 0.3) is 5.91 Å². The number of aryl methyl sites for hydroxylation is 1. The molecule has 7 nitrogen and oxygen atoms in total. The zero-order valence-corrected chi connectivity index (χ0v) is 18.1. The zero-order chi connectivity index (χ0) is 22.7. The molecule has 1 saturated heterocycles. The average Bonchev–Trinajstić information content (AvgIpc) is 3.10. The van der Waals surface area contributed by atoms with Crippen molar-refractivity contribution < 1.29 is 23.0 Å². The molecule has 32 heavy (non-hydrogen) atoms. The molecule has 1 atom stereocenters. The van der Waals surface area contributed by atoms with E-state index in [1.807, 2.05) is 6.92 Å². The third-order valence-electron chi connectivity index (χ3n) is 5.45. The average molecular weight is 444 g/mol. The summed E-state index contributed by atoms with van der Waals surface area (Å²) in [7, 11) is 0. The first-order valence-corrected chi connectivity index (χ1v) is 10.6. The Hall–Kier alpha value is -3.04. The number of amides is 1. The van der Waals surface area contributed by atoms with Gasteiger partial charge in [-0.1, -0.05) is 6.07 Å². The predicted molar refractivity (Wildman–Crippen MR) is 115 cm³/mol. The van der Waals surface area contributed by atoms with E-state index >= 15 is 0 Å². The zero-order valence-electron chi connectivity index (χ0n) is 18.1. The van der Waals surface area contributed by atoms with Crippen molar-refractivity contribution in [2.75, 3.05) is 32.8 Å². The normalized spacial score (nSPS) is 15.6. The molecule has 1 aromatic carbocycles. The van der Waals surface area contributed by atoms with Crippen molar-refractivity contribution in [3.63, 3.8) is 0 Å². The summed E-state index contributed by atoms with van der Waals surface area (Å²) in [5.41, 5.74) is 1.19. The summed E-state index contributed by atoms with van der Waals surface area (Å²) in [6.07, 6.45) is 1.72. The Bertz CT molecular complexity index is 1090. The quantitative estimate of drug-likeness (QED) is 0.607. The van der Waals surface area contributed by atoms with Crippen molar-refractivity contribution in [1.29, 1.82) is 0 Å². The highest BCUT2D eigenvalue weighted by Crippen LogP contribution is 2.24. The van der Waals surface area contributed by atoms with Crippen LogP contribution in [0.5, 0.6) is 5.75 Å². The van der Waals surface area contributed by atoms with Crippen LogP contribution < -0.4 is 10.1 Å². The number of halogens is 2. The van der Waals surface area contributed by atoms with Gasteiger partial charge in [0.05, 0.1) is 24.5 Å². The second kappa shape index (κ2) is 9.62. The van der Waals surface area contributed by atoms with Gasteiger partial charge in [-0.25, -0.2) is 13.8 Å². The second-order valence-electron chi connectivity index (χ2n) is 7.89. The van der Waals surface area contributed by atoms with Crippen LogP contribution in [0.1, 0.15) is 28.7 Å². The van der Waals surface area contributed by atoms with E-state index in [2.05, 4.69) is 15.2 Å². The lowest BCUT2D eigenvalue weighted by Crippen LogP contribution is -2.46. The van der Waals surface area contributed by atoms with Gasteiger partial charge in [-0.2, -0.15) is 0 Å². The van der Waals surface area contributed by atoms with Crippen LogP contribution in [-0.2, 0) is 11.3 Å². The molecule has 0 saturated carbocycles. The summed E-state index contributed by atoms with van der Waals surface area (Å²) < 4.78 is 40.5. The largest absolute Gasteiger partial charge is 0.485 e. The first-order valence-electron chi connectivity index (χ1n) is 10.6. The summed E-state index contributed by atoms with van der Waals surface area (Å²) in [6, 6.07) is 6.97. The molecule has 3 heterocycles. The Morgan fingerprint density at radius 1 is 1.22 bits per heavy atom. The van der Waals surface area contributed by atoms with E-state index in [0.717, 1.165) is 19.6 Å². The van der Waals surface area contributed by atoms with Crippen molar-refractivity contribution in [2.24, 2.45) is 0 Å². The summed E-state index contributed by atoms with van der Waals surface area (Å²) >= 11 is 0. The van der Waals surface area contributed by atoms with Crippen LogP contribution >= 0.6 is 0 Å². The molecule has 170 valence electrons. The highest BCUT2D eigenvalue weighted by Gasteiger charge is 2.22. The van der Waals surface area contributed by atoms with E-state index in [1.54, 1.807) is 29.7 Å². The Morgan fingerprint density at radius 3 is 2.66 bits per heavy atom. The number of aromatic nitrogens is 2. The molecule has 1 fully saturated rings. The number of imidazole rings is 1. The molecule has 9 heteroatoms. The lowest BCUT2D eigenvalue weighted by molar-refractivity contribution is 0.0342. The third-order valence-corrected chi connectivity index (χ3v) is 5.45. The molecule has 1 N–H and O–H groups in total. The van der Waals surface area contributed by atoms with Crippen molar-refractivity contribution >= 4 is 11.6 Å². The number of morpholine rings is 1. The van der Waals surface area contributed by atoms with E-state index in [-0.39, 0.29) is 24.1 Å². The number of hydrogen-bond donors (Lipinski definition) is 1. The van der Waals surface area contributed by atoms with E-state index in [9.17, 15) is 13.6 Å². The number of fused-ring (bicyclic) bond motifs is 1. The number of carbonyl (C=O) groups is 1. The Labute approximate surface area is 184 Å². The van der Waals surface area contributed by atoms with Gasteiger partial charge in [-0.05, 0) is 38.1 Å². The highest BCUT2D eigenvalue weighted by molar-refractivity contribution is 5.95. The van der Waals surface area contributed by atoms with Crippen LogP contribution in [0.25, 0.3) is 5.65 Å². The number of benzene rings is 1. The first kappa shape index (κ1) is 22.2. The molecule has 3 aromatic rings. The molecular weight excluding hydrogens is 418 g/mol. The fourth-order valence-electron chi connectivity index (χ4n) is 3.87. The number of nitrogens with zero attached hydrogens (tertiary/aromatic N) is 3. The van der Waals surface area contributed by atoms with E-state index in [0.29, 0.717) is 36.0 Å². The summed E-state index contributed by atoms with van der Waals surface area (Å²) in [5.74, 6) is -1.26. The molecule has 0 spiro atoms. The molecule has 0 unspecified atom stereocenters. The smallest absolute Gasteiger partial charge is 0.270 e. The number of pyridine rings is 1. The van der Waals surface area contributed by atoms with Crippen LogP contribution in [0, 0.1) is 18.6 Å². The fourth-order valence-corrected chi connectivity index (χ4v) is 3.87. The molecule has 1 aliphatic heterocycles. The Balaban J connectivity index is 1.51. The van der Waals surface area contributed by atoms with Crippen molar-refractivity contribution in [3.8, 4) is 5.75 Å². The summed E-state index contributed by atoms with van der Waals surface area (Å²) in [6.45, 7) is 7.24. The third kappa shape index (κ3) is 4.73. The van der Waals surface area contributed by atoms with Gasteiger partial charge in [0.1, 0.15) is 23.9 Å². The Morgan fingerprint density at radius 2 is 1.94 bits per heavy atom. The van der Waals surface area contributed by atoms with Gasteiger partial charge in [-0.3, -0.25) is 14.1 Å². The predicted octanol–water partition coefficient (Wildman–Crippen LogP) is 2.95. The van der Waals surface area contributed by atoms with E-state index in [4.69, 9.17) is 9.47 Å². The number of carbonyl (C=O) groups excluding carboxylic acids is 1. The first-order chi connectivity index (χ1) is 15.4. The van der Waals surface area contributed by atoms with E-state index < -0.39 is 11.6 Å². The van der Waals surface area contributed by atoms with Gasteiger partial charge in [0.15, 0.2) is 11.4 Å². The van der Waals surface area contributed by atoms with E-state index in [1.165, 1.54) is 18.2 Å². The molecule has 1 amide bonds. The minimum Gasteiger partial charge on any atom is -0.485 e. The SMILES string of the molecule is Cc1nc2c(OCc3c(F)cccc3F)cccn2c1C(=O)N[C@H](C)CN1CCOCC1. The monoisotopic (exact) mass is 444 g/mol. The van der Waals surface area contributed by atoms with Crippen LogP contribution in [0.4, 0.5) is 8.78 Å². The highest BCUT2D eigenvalue weighted by atomic mass is 19.1. The Kier molecular flexibility index (Phi) is 6.66. The topological polar surface area (TPSA) is 68.1 Å². The molecule has 1 aliphatic rings. The van der Waals surface area contributed by atoms with Gasteiger partial charge in [0, 0.05) is 31.9 Å². The maximum absolute atomic E-state index is 13.9. The standard InChI is InChI=1S/C23H26F2N4O3/c1-15(13-28-9-11-31-12-10-28)26-23(30)21-16(2)27-22-20(7-4-8-29(21)22)32-14-17-18(24)5-3-6-19(17)25/h3-8,15H,9-14H2,1-2H3,(H,26,30)/t15-/m1/s1. The number of rotatable bonds is 7. The lowest BCUT2D eigenvalue weighted by Gasteiger charge is -2.29. The van der Waals surface area contributed by atoms with Crippen LogP contribution in [-0.4, -0.2) is 59.1 Å². The molecular formula is C23H26F2N4O3. The number of hydrogen-bond acceptors (Lipinski definition) is 5. The number of nitrogens with one attached hydrogen (secondary N) is 1. The molecule has 2 aromatic heterocycles. The molecule has 0 radical (unpaired) electrons. The summed E-state index contributed by atoms with van der Waals surface area (Å²) in [4.78, 5) is 19.7. The minimum absolute atomic E-state index is 0.0611. The lowest BCUT2D eigenvalue weighted by atomic mass is 10.2. The maximum Gasteiger partial charge on any atom is 0.270 e. The minimum atomic E-state index is -0.675. The van der Waals surface area contributed by atoms with Gasteiger partial charge in [-0.15, -0.1) is 0 Å². The van der Waals surface area contributed by atoms with Gasteiger partial charge < -0.3 is 14.8 Å². The van der Waals surface area contributed by atoms with Crippen molar-refractivity contribution in [3.05, 3.63) is 65.1 Å². The number of ether oxygens (including phenoxy) is 2. The van der Waals surface area contributed by atoms with Crippen LogP contribution in [0.15, 0.2) is 36.5 Å². The van der Waals surface area contributed by atoms with Crippen LogP contribution in [0.3, 0.4) is 0 Å². The molecule has 4 rings (SSSR count). The maximum atomic E-state index is 13.9. The van der Waals surface area contributed by atoms with Crippen molar-refractivity contribution in [2.45, 2.75) is 26.5 Å². The van der Waals surface area contributed by atoms with Crippen LogP contribution in [0.2, 0.25) is 0 Å². The second-order valence-corrected chi connectivity index (χ2v) is 7.89.